The molecule has 0 radical (unpaired) electrons. The topological polar surface area (TPSA) is 175 Å². The van der Waals surface area contributed by atoms with Crippen molar-refractivity contribution < 1.29 is 27.4 Å². The minimum Gasteiger partial charge on any atom is -0.457 e. The van der Waals surface area contributed by atoms with Crippen molar-refractivity contribution in [2.45, 2.75) is 19.6 Å². The molecule has 0 bridgehead atoms. The van der Waals surface area contributed by atoms with E-state index >= 15 is 0 Å². The summed E-state index contributed by atoms with van der Waals surface area (Å²) in [6.07, 6.45) is 0. The molecule has 0 saturated heterocycles. The number of benzene rings is 8. The van der Waals surface area contributed by atoms with Crippen LogP contribution < -0.4 is 41.9 Å². The monoisotopic (exact) mass is 832 g/mol. The van der Waals surface area contributed by atoms with Crippen molar-refractivity contribution in [3.63, 3.8) is 0 Å². The van der Waals surface area contributed by atoms with Crippen LogP contribution in [-0.4, -0.2) is 8.42 Å². The van der Waals surface area contributed by atoms with Gasteiger partial charge in [0, 0.05) is 44.7 Å². The zero-order chi connectivity index (χ0) is 41.9. The Balaban J connectivity index is 0.000000182. The van der Waals surface area contributed by atoms with Gasteiger partial charge in [-0.05, 0) is 170 Å². The number of nitrogens with two attached hydrogens (primary N) is 4. The number of anilines is 4. The summed E-state index contributed by atoms with van der Waals surface area (Å²) in [5.41, 5.74) is 25.5. The molecule has 12 heteroatoms. The molecule has 60 heavy (non-hydrogen) atoms. The molecule has 8 N–H and O–H groups in total. The molecule has 8 aromatic rings. The number of rotatable bonds is 12. The van der Waals surface area contributed by atoms with Gasteiger partial charge in [-0.3, -0.25) is 0 Å². The number of hydrogen-bond donors (Lipinski definition) is 4. The SMILES string of the molecule is Nc1ccc(Oc2ccc(Sc3ccc(Oc4ccc(N)cc4)cc3)cc2)cc1.Nc1cccc(Oc2ccc(S(=O)(=O)c3ccc(Oc4cccc(N)c4)cc3)cc2)c1. The van der Waals surface area contributed by atoms with Crippen LogP contribution in [0.25, 0.3) is 0 Å². The number of nitrogen functional groups attached to an aromatic ring is 4. The molecule has 10 nitrogen and oxygen atoms in total. The lowest BCUT2D eigenvalue weighted by molar-refractivity contribution is 0.482. The Bertz CT molecular complexity index is 2570. The molecule has 8 aromatic carbocycles. The molecule has 0 aromatic heterocycles. The zero-order valence-corrected chi connectivity index (χ0v) is 33.7. The summed E-state index contributed by atoms with van der Waals surface area (Å²) in [6.45, 7) is 0. The predicted octanol–water partition coefficient (Wildman–Crippen LogP) is 11.9. The van der Waals surface area contributed by atoms with Gasteiger partial charge >= 0.3 is 0 Å². The maximum absolute atomic E-state index is 12.9. The molecule has 0 aliphatic rings. The molecule has 0 unspecified atom stereocenters. The summed E-state index contributed by atoms with van der Waals surface area (Å²) in [4.78, 5) is 2.58. The van der Waals surface area contributed by atoms with Gasteiger partial charge in [0.1, 0.15) is 46.0 Å². The quantitative estimate of drug-likeness (QED) is 0.0862. The highest BCUT2D eigenvalue weighted by molar-refractivity contribution is 7.99. The van der Waals surface area contributed by atoms with E-state index in [4.69, 9.17) is 41.9 Å². The molecule has 0 atom stereocenters. The Morgan fingerprint density at radius 3 is 0.917 bits per heavy atom. The lowest BCUT2D eigenvalue weighted by atomic mass is 10.3. The van der Waals surface area contributed by atoms with Crippen molar-refractivity contribution in [3.05, 3.63) is 194 Å². The molecule has 0 spiro atoms. The van der Waals surface area contributed by atoms with E-state index in [1.807, 2.05) is 97.1 Å². The van der Waals surface area contributed by atoms with Crippen LogP contribution in [0.2, 0.25) is 0 Å². The van der Waals surface area contributed by atoms with Gasteiger partial charge < -0.3 is 41.9 Å². The largest absolute Gasteiger partial charge is 0.457 e. The summed E-state index contributed by atoms with van der Waals surface area (Å²) in [5, 5.41) is 0. The summed E-state index contributed by atoms with van der Waals surface area (Å²) < 4.78 is 49.0. The van der Waals surface area contributed by atoms with Crippen molar-refractivity contribution in [2.75, 3.05) is 22.9 Å². The molecule has 0 heterocycles. The Morgan fingerprint density at radius 2 is 0.600 bits per heavy atom. The molecular formula is C48H40N4O6S2. The fourth-order valence-corrected chi connectivity index (χ4v) is 7.65. The van der Waals surface area contributed by atoms with Gasteiger partial charge in [-0.15, -0.1) is 0 Å². The Morgan fingerprint density at radius 1 is 0.317 bits per heavy atom. The minimum atomic E-state index is -3.68. The Kier molecular flexibility index (Phi) is 12.7. The lowest BCUT2D eigenvalue weighted by Crippen LogP contribution is -2.01. The van der Waals surface area contributed by atoms with Crippen molar-refractivity contribution in [3.8, 4) is 46.0 Å². The van der Waals surface area contributed by atoms with Crippen LogP contribution in [0.15, 0.2) is 214 Å². The summed E-state index contributed by atoms with van der Waals surface area (Å²) in [5.74, 6) is 5.26. The first-order valence-electron chi connectivity index (χ1n) is 18.5. The van der Waals surface area contributed by atoms with Crippen LogP contribution in [0.1, 0.15) is 0 Å². The van der Waals surface area contributed by atoms with E-state index < -0.39 is 9.84 Å². The second-order valence-electron chi connectivity index (χ2n) is 13.2. The third-order valence-electron chi connectivity index (χ3n) is 8.57. The van der Waals surface area contributed by atoms with Crippen LogP contribution >= 0.6 is 11.8 Å². The van der Waals surface area contributed by atoms with E-state index in [-0.39, 0.29) is 9.79 Å². The fraction of sp³-hybridized carbons (Fsp3) is 0. The zero-order valence-electron chi connectivity index (χ0n) is 32.1. The molecule has 0 fully saturated rings. The smallest absolute Gasteiger partial charge is 0.206 e. The molecule has 0 aliphatic carbocycles. The van der Waals surface area contributed by atoms with Gasteiger partial charge in [-0.25, -0.2) is 8.42 Å². The van der Waals surface area contributed by atoms with Gasteiger partial charge in [-0.1, -0.05) is 23.9 Å². The molecule has 8 rings (SSSR count). The van der Waals surface area contributed by atoms with Crippen LogP contribution in [0.4, 0.5) is 22.7 Å². The van der Waals surface area contributed by atoms with E-state index in [1.54, 1.807) is 84.6 Å². The average Bonchev–Trinajstić information content (AvgIpc) is 3.25. The highest BCUT2D eigenvalue weighted by Crippen LogP contribution is 2.33. The molecule has 0 amide bonds. The third kappa shape index (κ3) is 11.3. The summed E-state index contributed by atoms with van der Waals surface area (Å²) in [7, 11) is -3.68. The molecular weight excluding hydrogens is 793 g/mol. The summed E-state index contributed by atoms with van der Waals surface area (Å²) in [6, 6.07) is 57.1. The lowest BCUT2D eigenvalue weighted by Gasteiger charge is -2.10. The first-order valence-corrected chi connectivity index (χ1v) is 20.8. The van der Waals surface area contributed by atoms with Crippen LogP contribution in [0.5, 0.6) is 46.0 Å². The molecule has 0 saturated carbocycles. The summed E-state index contributed by atoms with van der Waals surface area (Å²) >= 11 is 1.68. The second-order valence-corrected chi connectivity index (χ2v) is 16.3. The number of hydrogen-bond acceptors (Lipinski definition) is 11. The maximum atomic E-state index is 12.9. The number of sulfone groups is 1. The average molecular weight is 833 g/mol. The maximum Gasteiger partial charge on any atom is 0.206 e. The predicted molar refractivity (Wildman–Crippen MR) is 239 cm³/mol. The third-order valence-corrected chi connectivity index (χ3v) is 11.4. The van der Waals surface area contributed by atoms with Crippen molar-refractivity contribution >= 4 is 44.3 Å². The van der Waals surface area contributed by atoms with E-state index in [2.05, 4.69) is 0 Å². The second kappa shape index (κ2) is 18.8. The van der Waals surface area contributed by atoms with Crippen molar-refractivity contribution in [1.82, 2.24) is 0 Å². The van der Waals surface area contributed by atoms with Gasteiger partial charge in [-0.2, -0.15) is 0 Å². The molecule has 0 aliphatic heterocycles. The van der Waals surface area contributed by atoms with E-state index in [9.17, 15) is 8.42 Å². The van der Waals surface area contributed by atoms with Crippen LogP contribution in [0, 0.1) is 0 Å². The van der Waals surface area contributed by atoms with Gasteiger partial charge in [0.25, 0.3) is 0 Å². The highest BCUT2D eigenvalue weighted by atomic mass is 32.2. The fourth-order valence-electron chi connectivity index (χ4n) is 5.57. The first-order chi connectivity index (χ1) is 29.0. The van der Waals surface area contributed by atoms with E-state index in [1.165, 1.54) is 24.3 Å². The standard InChI is InChI=1S/C24H20N2O4S.C24H20N2O2S/c25-17-3-1-5-21(15-17)29-19-7-11-23(12-8-19)31(27,28)24-13-9-20(10-14-24)30-22-6-2-4-18(26)16-22;25-17-1-5-19(6-2-17)27-21-9-13-23(14-10-21)29-24-15-11-22(12-16-24)28-20-7-3-18(26)4-8-20/h1-16H,25-26H2;1-16H,25-26H2. The Hall–Kier alpha value is -7.54. The number of ether oxygens (including phenoxy) is 4. The minimum absolute atomic E-state index is 0.164. The van der Waals surface area contributed by atoms with Gasteiger partial charge in [0.2, 0.25) is 9.84 Å². The van der Waals surface area contributed by atoms with E-state index in [0.717, 1.165) is 32.8 Å². The molecule has 300 valence electrons. The van der Waals surface area contributed by atoms with Gasteiger partial charge in [0.15, 0.2) is 0 Å². The van der Waals surface area contributed by atoms with Crippen LogP contribution in [-0.2, 0) is 9.84 Å². The first kappa shape index (κ1) is 40.6. The van der Waals surface area contributed by atoms with E-state index in [0.29, 0.717) is 45.7 Å². The van der Waals surface area contributed by atoms with Crippen molar-refractivity contribution in [1.29, 1.82) is 0 Å². The normalized spacial score (nSPS) is 10.8. The van der Waals surface area contributed by atoms with Crippen LogP contribution in [0.3, 0.4) is 0 Å². The van der Waals surface area contributed by atoms with Crippen molar-refractivity contribution in [2.24, 2.45) is 0 Å². The Labute approximate surface area is 352 Å². The highest BCUT2D eigenvalue weighted by Gasteiger charge is 2.18. The van der Waals surface area contributed by atoms with Gasteiger partial charge in [0.05, 0.1) is 9.79 Å².